The molecule has 0 radical (unpaired) electrons. The number of aliphatic hydroxyl groups is 1. The van der Waals surface area contributed by atoms with Crippen molar-refractivity contribution in [3.05, 3.63) is 35.4 Å². The average molecular weight is 256 g/mol. The molecule has 0 amide bonds. The first kappa shape index (κ1) is 15.1. The molecule has 0 fully saturated rings. The summed E-state index contributed by atoms with van der Waals surface area (Å²) in [7, 11) is 0. The molecule has 0 aliphatic heterocycles. The highest BCUT2D eigenvalue weighted by Crippen LogP contribution is 2.27. The third-order valence-electron chi connectivity index (χ3n) is 3.37. The molecule has 102 valence electrons. The van der Waals surface area contributed by atoms with Gasteiger partial charge in [0.25, 0.3) is 0 Å². The molecule has 1 aromatic carbocycles. The maximum Gasteiger partial charge on any atom is 0.126 e. The smallest absolute Gasteiger partial charge is 0.126 e. The van der Waals surface area contributed by atoms with Crippen molar-refractivity contribution in [2.75, 3.05) is 0 Å². The van der Waals surface area contributed by atoms with Gasteiger partial charge in [-0.05, 0) is 30.0 Å². The monoisotopic (exact) mass is 256 g/mol. The van der Waals surface area contributed by atoms with Crippen molar-refractivity contribution >= 4 is 0 Å². The molecule has 18 heavy (non-hydrogen) atoms. The number of rotatable bonds is 7. The van der Waals surface area contributed by atoms with Gasteiger partial charge in [-0.25, -0.2) is 8.78 Å². The second-order valence-corrected chi connectivity index (χ2v) is 4.87. The second kappa shape index (κ2) is 7.47. The molecule has 3 heteroatoms. The van der Waals surface area contributed by atoms with Gasteiger partial charge in [-0.15, -0.1) is 0 Å². The van der Waals surface area contributed by atoms with Crippen LogP contribution in [0.3, 0.4) is 0 Å². The van der Waals surface area contributed by atoms with Crippen LogP contribution in [0.5, 0.6) is 0 Å². The van der Waals surface area contributed by atoms with Crippen LogP contribution >= 0.6 is 0 Å². The summed E-state index contributed by atoms with van der Waals surface area (Å²) in [6.45, 7) is 4.21. The Bertz CT molecular complexity index is 345. The minimum atomic E-state index is -0.781. The van der Waals surface area contributed by atoms with E-state index in [1.54, 1.807) is 0 Å². The van der Waals surface area contributed by atoms with Gasteiger partial charge in [0.1, 0.15) is 11.6 Å². The lowest BCUT2D eigenvalue weighted by atomic mass is 9.90. The number of benzene rings is 1. The zero-order valence-electron chi connectivity index (χ0n) is 11.1. The highest BCUT2D eigenvalue weighted by molar-refractivity contribution is 5.20. The summed E-state index contributed by atoms with van der Waals surface area (Å²) < 4.78 is 26.1. The lowest BCUT2D eigenvalue weighted by molar-refractivity contribution is 0.138. The van der Waals surface area contributed by atoms with Crippen LogP contribution in [0.25, 0.3) is 0 Å². The van der Waals surface area contributed by atoms with E-state index in [1.165, 1.54) is 12.1 Å². The topological polar surface area (TPSA) is 20.2 Å². The largest absolute Gasteiger partial charge is 0.388 e. The van der Waals surface area contributed by atoms with Crippen molar-refractivity contribution in [1.82, 2.24) is 0 Å². The normalized spacial score (nSPS) is 14.5. The first-order valence-corrected chi connectivity index (χ1v) is 6.70. The molecule has 0 aliphatic rings. The minimum absolute atomic E-state index is 0.336. The quantitative estimate of drug-likeness (QED) is 0.755. The molecule has 1 aromatic rings. The highest BCUT2D eigenvalue weighted by Gasteiger charge is 2.16. The van der Waals surface area contributed by atoms with Crippen molar-refractivity contribution in [1.29, 1.82) is 0 Å². The molecule has 0 aliphatic carbocycles. The molecule has 0 saturated carbocycles. The van der Waals surface area contributed by atoms with Gasteiger partial charge < -0.3 is 5.11 Å². The molecule has 2 atom stereocenters. The summed E-state index contributed by atoms with van der Waals surface area (Å²) in [6, 6.07) is 3.24. The summed E-state index contributed by atoms with van der Waals surface area (Å²) in [4.78, 5) is 0. The van der Waals surface area contributed by atoms with E-state index in [4.69, 9.17) is 0 Å². The van der Waals surface area contributed by atoms with Gasteiger partial charge in [0.2, 0.25) is 0 Å². The third-order valence-corrected chi connectivity index (χ3v) is 3.37. The van der Waals surface area contributed by atoms with Crippen molar-refractivity contribution < 1.29 is 13.9 Å². The third kappa shape index (κ3) is 4.73. The number of hydrogen-bond donors (Lipinski definition) is 1. The Morgan fingerprint density at radius 2 is 1.72 bits per heavy atom. The zero-order valence-corrected chi connectivity index (χ0v) is 11.1. The number of halogens is 2. The molecule has 1 nitrogen and oxygen atoms in total. The second-order valence-electron chi connectivity index (χ2n) is 4.87. The van der Waals surface area contributed by atoms with Gasteiger partial charge in [-0.1, -0.05) is 39.5 Å². The van der Waals surface area contributed by atoms with Crippen molar-refractivity contribution in [2.45, 2.75) is 52.1 Å². The Morgan fingerprint density at radius 1 is 1.11 bits per heavy atom. The zero-order chi connectivity index (χ0) is 13.5. The summed E-state index contributed by atoms with van der Waals surface area (Å²) >= 11 is 0. The molecule has 0 heterocycles. The van der Waals surface area contributed by atoms with Crippen LogP contribution in [0.2, 0.25) is 0 Å². The summed E-state index contributed by atoms with van der Waals surface area (Å²) in [5, 5.41) is 10.0. The van der Waals surface area contributed by atoms with Crippen LogP contribution in [0.1, 0.15) is 57.6 Å². The SMILES string of the molecule is CCCCC(CC)CC(O)c1cc(F)cc(F)c1. The van der Waals surface area contributed by atoms with E-state index < -0.39 is 17.7 Å². The van der Waals surface area contributed by atoms with Gasteiger partial charge in [0.15, 0.2) is 0 Å². The van der Waals surface area contributed by atoms with E-state index in [0.29, 0.717) is 17.9 Å². The minimum Gasteiger partial charge on any atom is -0.388 e. The predicted octanol–water partition coefficient (Wildman–Crippen LogP) is 4.60. The molecule has 0 aromatic heterocycles. The molecule has 0 saturated heterocycles. The van der Waals surface area contributed by atoms with Crippen molar-refractivity contribution in [3.63, 3.8) is 0 Å². The number of hydrogen-bond acceptors (Lipinski definition) is 1. The van der Waals surface area contributed by atoms with E-state index in [1.807, 2.05) is 0 Å². The number of unbranched alkanes of at least 4 members (excludes halogenated alkanes) is 1. The Kier molecular flexibility index (Phi) is 6.27. The fraction of sp³-hybridized carbons (Fsp3) is 0.600. The summed E-state index contributed by atoms with van der Waals surface area (Å²) in [6.07, 6.45) is 4.08. The Hall–Kier alpha value is -0.960. The van der Waals surface area contributed by atoms with Crippen LogP contribution in [-0.2, 0) is 0 Å². The molecule has 1 N–H and O–H groups in total. The average Bonchev–Trinajstić information content (AvgIpc) is 2.32. The van der Waals surface area contributed by atoms with Crippen LogP contribution in [-0.4, -0.2) is 5.11 Å². The van der Waals surface area contributed by atoms with E-state index in [-0.39, 0.29) is 0 Å². The van der Waals surface area contributed by atoms with Gasteiger partial charge in [-0.3, -0.25) is 0 Å². The highest BCUT2D eigenvalue weighted by atomic mass is 19.1. The van der Waals surface area contributed by atoms with E-state index in [0.717, 1.165) is 31.7 Å². The fourth-order valence-corrected chi connectivity index (χ4v) is 2.20. The Morgan fingerprint density at radius 3 is 2.22 bits per heavy atom. The predicted molar refractivity (Wildman–Crippen MR) is 69.2 cm³/mol. The Balaban J connectivity index is 2.65. The van der Waals surface area contributed by atoms with Gasteiger partial charge in [0, 0.05) is 6.07 Å². The maximum absolute atomic E-state index is 13.1. The van der Waals surface area contributed by atoms with Crippen LogP contribution in [0, 0.1) is 17.6 Å². The fourth-order valence-electron chi connectivity index (χ4n) is 2.20. The number of aliphatic hydroxyl groups excluding tert-OH is 1. The molecule has 0 spiro atoms. The molecule has 0 bridgehead atoms. The molecular formula is C15H22F2O. The standard InChI is InChI=1S/C15H22F2O/c1-3-5-6-11(4-2)7-15(18)12-8-13(16)10-14(17)9-12/h8-11,15,18H,3-7H2,1-2H3. The van der Waals surface area contributed by atoms with E-state index in [9.17, 15) is 13.9 Å². The maximum atomic E-state index is 13.1. The van der Waals surface area contributed by atoms with E-state index in [2.05, 4.69) is 13.8 Å². The lowest BCUT2D eigenvalue weighted by Gasteiger charge is -2.19. The van der Waals surface area contributed by atoms with Crippen LogP contribution < -0.4 is 0 Å². The van der Waals surface area contributed by atoms with Crippen molar-refractivity contribution in [2.24, 2.45) is 5.92 Å². The van der Waals surface area contributed by atoms with Gasteiger partial charge >= 0.3 is 0 Å². The first-order valence-electron chi connectivity index (χ1n) is 6.70. The molecule has 2 unspecified atom stereocenters. The summed E-state index contributed by atoms with van der Waals surface area (Å²) in [5.41, 5.74) is 0.336. The lowest BCUT2D eigenvalue weighted by Crippen LogP contribution is -2.07. The van der Waals surface area contributed by atoms with Crippen LogP contribution in [0.4, 0.5) is 8.78 Å². The van der Waals surface area contributed by atoms with E-state index >= 15 is 0 Å². The molecule has 1 rings (SSSR count). The van der Waals surface area contributed by atoms with Gasteiger partial charge in [-0.2, -0.15) is 0 Å². The van der Waals surface area contributed by atoms with Gasteiger partial charge in [0.05, 0.1) is 6.10 Å². The van der Waals surface area contributed by atoms with Crippen LogP contribution in [0.15, 0.2) is 18.2 Å². The molecular weight excluding hydrogens is 234 g/mol. The first-order chi connectivity index (χ1) is 8.56. The van der Waals surface area contributed by atoms with Crippen molar-refractivity contribution in [3.8, 4) is 0 Å². The Labute approximate surface area is 108 Å². The summed E-state index contributed by atoms with van der Waals surface area (Å²) in [5.74, 6) is -0.859.